The average Bonchev–Trinajstić information content (AvgIpc) is 2.60. The number of hydrogen-bond donors (Lipinski definition) is 1. The average molecular weight is 452 g/mol. The van der Waals surface area contributed by atoms with E-state index in [1.165, 1.54) is 11.8 Å². The van der Waals surface area contributed by atoms with E-state index in [1.807, 2.05) is 18.2 Å². The fourth-order valence-corrected chi connectivity index (χ4v) is 3.60. The van der Waals surface area contributed by atoms with Crippen molar-refractivity contribution in [2.75, 3.05) is 13.2 Å². The first-order valence-electron chi connectivity index (χ1n) is 10.8. The number of allylic oxidation sites excluding steroid dienone is 1. The van der Waals surface area contributed by atoms with Crippen molar-refractivity contribution in [2.45, 2.75) is 73.6 Å². The topological polar surface area (TPSA) is 66.8 Å². The molecule has 174 valence electrons. The molecular weight excluding hydrogens is 414 g/mol. The molecule has 5 nitrogen and oxygen atoms in total. The standard InChI is InChI=1S/C25H38ClNO4/c1-17(2)20(16-27(18(3)28)13-11-23(29)30)25(7,8)19-9-10-22(21(26)15-19)31-14-12-24(4,5)6/h9-10,15-17H,11-14H2,1-8H3,(H,29,30)/b20-16-. The van der Waals surface area contributed by atoms with Crippen LogP contribution in [0.15, 0.2) is 30.0 Å². The van der Waals surface area contributed by atoms with E-state index in [-0.39, 0.29) is 30.2 Å². The van der Waals surface area contributed by atoms with E-state index in [0.717, 1.165) is 17.6 Å². The largest absolute Gasteiger partial charge is 0.492 e. The molecule has 1 amide bonds. The SMILES string of the molecule is CC(=O)N(/C=C(/C(C)C)C(C)(C)c1ccc(OCCC(C)(C)C)c(Cl)c1)CCC(=O)O. The van der Waals surface area contributed by atoms with Gasteiger partial charge in [0.2, 0.25) is 5.91 Å². The van der Waals surface area contributed by atoms with Gasteiger partial charge in [-0.1, -0.05) is 66.1 Å². The van der Waals surface area contributed by atoms with Gasteiger partial charge in [0.15, 0.2) is 0 Å². The minimum Gasteiger partial charge on any atom is -0.492 e. The number of carboxylic acid groups (broad SMARTS) is 1. The second-order valence-electron chi connectivity index (χ2n) is 10.0. The highest BCUT2D eigenvalue weighted by atomic mass is 35.5. The van der Waals surface area contributed by atoms with Crippen molar-refractivity contribution in [1.29, 1.82) is 0 Å². The summed E-state index contributed by atoms with van der Waals surface area (Å²) in [7, 11) is 0. The van der Waals surface area contributed by atoms with Crippen LogP contribution in [0.25, 0.3) is 0 Å². The molecule has 0 atom stereocenters. The van der Waals surface area contributed by atoms with Gasteiger partial charge in [-0.05, 0) is 41.0 Å². The van der Waals surface area contributed by atoms with E-state index in [4.69, 9.17) is 21.4 Å². The molecule has 0 radical (unpaired) electrons. The molecule has 0 saturated carbocycles. The highest BCUT2D eigenvalue weighted by Crippen LogP contribution is 2.39. The van der Waals surface area contributed by atoms with Crippen LogP contribution in [0.1, 0.15) is 73.8 Å². The Kier molecular flexibility index (Phi) is 9.62. The number of hydrogen-bond acceptors (Lipinski definition) is 3. The number of halogens is 1. The van der Waals surface area contributed by atoms with Crippen LogP contribution in [0.4, 0.5) is 0 Å². The molecule has 0 unspecified atom stereocenters. The number of benzene rings is 1. The molecule has 0 bridgehead atoms. The van der Waals surface area contributed by atoms with Crippen molar-refractivity contribution in [3.63, 3.8) is 0 Å². The van der Waals surface area contributed by atoms with Crippen LogP contribution in [-0.2, 0) is 15.0 Å². The molecular formula is C25H38ClNO4. The maximum absolute atomic E-state index is 12.1. The summed E-state index contributed by atoms with van der Waals surface area (Å²) in [5.74, 6) is -0.315. The molecule has 0 spiro atoms. The predicted molar refractivity (Wildman–Crippen MR) is 127 cm³/mol. The molecule has 1 rings (SSSR count). The first kappa shape index (κ1) is 27.0. The lowest BCUT2D eigenvalue weighted by Gasteiger charge is -2.33. The Bertz CT molecular complexity index is 806. The van der Waals surface area contributed by atoms with Gasteiger partial charge in [0.05, 0.1) is 18.1 Å². The number of carbonyl (C=O) groups excluding carboxylic acids is 1. The predicted octanol–water partition coefficient (Wildman–Crippen LogP) is 6.30. The fourth-order valence-electron chi connectivity index (χ4n) is 3.37. The summed E-state index contributed by atoms with van der Waals surface area (Å²) in [6.45, 7) is 17.0. The smallest absolute Gasteiger partial charge is 0.305 e. The van der Waals surface area contributed by atoms with Gasteiger partial charge < -0.3 is 14.7 Å². The van der Waals surface area contributed by atoms with Gasteiger partial charge in [-0.15, -0.1) is 0 Å². The van der Waals surface area contributed by atoms with E-state index in [1.54, 1.807) is 6.20 Å². The fraction of sp³-hybridized carbons (Fsp3) is 0.600. The Morgan fingerprint density at radius 3 is 2.26 bits per heavy atom. The van der Waals surface area contributed by atoms with Crippen molar-refractivity contribution >= 4 is 23.5 Å². The Morgan fingerprint density at radius 2 is 1.81 bits per heavy atom. The Morgan fingerprint density at radius 1 is 1.19 bits per heavy atom. The molecule has 0 aliphatic rings. The van der Waals surface area contributed by atoms with Crippen LogP contribution < -0.4 is 4.74 Å². The van der Waals surface area contributed by atoms with Crippen LogP contribution in [-0.4, -0.2) is 35.0 Å². The second-order valence-corrected chi connectivity index (χ2v) is 10.4. The summed E-state index contributed by atoms with van der Waals surface area (Å²) in [5.41, 5.74) is 1.79. The lowest BCUT2D eigenvalue weighted by Crippen LogP contribution is -2.31. The van der Waals surface area contributed by atoms with Gasteiger partial charge >= 0.3 is 5.97 Å². The van der Waals surface area contributed by atoms with Crippen molar-refractivity contribution in [2.24, 2.45) is 11.3 Å². The number of carboxylic acids is 1. The second kappa shape index (κ2) is 11.0. The summed E-state index contributed by atoms with van der Waals surface area (Å²) in [6.07, 6.45) is 2.62. The quantitative estimate of drug-likeness (QED) is 0.453. The third-order valence-electron chi connectivity index (χ3n) is 5.37. The first-order chi connectivity index (χ1) is 14.1. The van der Waals surface area contributed by atoms with Gasteiger partial charge in [-0.25, -0.2) is 0 Å². The third-order valence-corrected chi connectivity index (χ3v) is 5.67. The number of rotatable bonds is 10. The maximum Gasteiger partial charge on any atom is 0.305 e. The summed E-state index contributed by atoms with van der Waals surface area (Å²) >= 11 is 6.54. The minimum atomic E-state index is -0.932. The summed E-state index contributed by atoms with van der Waals surface area (Å²) in [6, 6.07) is 5.82. The van der Waals surface area contributed by atoms with Crippen molar-refractivity contribution in [3.05, 3.63) is 40.6 Å². The number of aliphatic carboxylic acids is 1. The van der Waals surface area contributed by atoms with E-state index in [9.17, 15) is 9.59 Å². The number of ether oxygens (including phenoxy) is 1. The van der Waals surface area contributed by atoms with E-state index in [2.05, 4.69) is 48.5 Å². The molecule has 1 aromatic rings. The lowest BCUT2D eigenvalue weighted by molar-refractivity contribution is -0.137. The van der Waals surface area contributed by atoms with Gasteiger partial charge in [0, 0.05) is 25.1 Å². The van der Waals surface area contributed by atoms with Crippen LogP contribution in [0.5, 0.6) is 5.75 Å². The molecule has 1 aromatic carbocycles. The van der Waals surface area contributed by atoms with Gasteiger partial charge in [-0.2, -0.15) is 0 Å². The van der Waals surface area contributed by atoms with E-state index < -0.39 is 11.4 Å². The molecule has 0 fully saturated rings. The van der Waals surface area contributed by atoms with Crippen molar-refractivity contribution < 1.29 is 19.4 Å². The zero-order chi connectivity index (χ0) is 24.0. The number of nitrogens with zero attached hydrogens (tertiary/aromatic N) is 1. The third kappa shape index (κ3) is 8.56. The first-order valence-corrected chi connectivity index (χ1v) is 11.2. The summed E-state index contributed by atoms with van der Waals surface area (Å²) in [5, 5.41) is 9.56. The number of carbonyl (C=O) groups is 2. The maximum atomic E-state index is 12.1. The molecule has 1 N–H and O–H groups in total. The highest BCUT2D eigenvalue weighted by molar-refractivity contribution is 6.32. The van der Waals surface area contributed by atoms with Crippen LogP contribution in [0.2, 0.25) is 5.02 Å². The molecule has 31 heavy (non-hydrogen) atoms. The van der Waals surface area contributed by atoms with Crippen LogP contribution in [0.3, 0.4) is 0 Å². The van der Waals surface area contributed by atoms with Crippen molar-refractivity contribution in [3.8, 4) is 5.75 Å². The van der Waals surface area contributed by atoms with Crippen LogP contribution >= 0.6 is 11.6 Å². The summed E-state index contributed by atoms with van der Waals surface area (Å²) in [4.78, 5) is 24.6. The molecule has 6 heteroatoms. The molecule has 0 aliphatic heterocycles. The molecule has 0 heterocycles. The van der Waals surface area contributed by atoms with E-state index >= 15 is 0 Å². The Balaban J connectivity index is 3.19. The van der Waals surface area contributed by atoms with Crippen molar-refractivity contribution in [1.82, 2.24) is 4.90 Å². The minimum absolute atomic E-state index is 0.103. The highest BCUT2D eigenvalue weighted by Gasteiger charge is 2.29. The van der Waals surface area contributed by atoms with Crippen LogP contribution in [0, 0.1) is 11.3 Å². The molecule has 0 aliphatic carbocycles. The Labute approximate surface area is 192 Å². The zero-order valence-electron chi connectivity index (χ0n) is 20.2. The van der Waals surface area contributed by atoms with Gasteiger partial charge in [0.25, 0.3) is 0 Å². The molecule has 0 aromatic heterocycles. The molecule has 0 saturated heterocycles. The normalized spacial score (nSPS) is 12.8. The monoisotopic (exact) mass is 451 g/mol. The summed E-state index contributed by atoms with van der Waals surface area (Å²) < 4.78 is 5.88. The van der Waals surface area contributed by atoms with Gasteiger partial charge in [-0.3, -0.25) is 9.59 Å². The lowest BCUT2D eigenvalue weighted by atomic mass is 9.73. The van der Waals surface area contributed by atoms with E-state index in [0.29, 0.717) is 17.4 Å². The zero-order valence-corrected chi connectivity index (χ0v) is 21.0. The Hall–Kier alpha value is -2.01. The number of amides is 1. The van der Waals surface area contributed by atoms with Gasteiger partial charge in [0.1, 0.15) is 5.75 Å².